The second kappa shape index (κ2) is 15.1. The first-order valence-corrected chi connectivity index (χ1v) is 14.6. The van der Waals surface area contributed by atoms with Gasteiger partial charge in [0, 0.05) is 0 Å². The van der Waals surface area contributed by atoms with Gasteiger partial charge < -0.3 is 38.6 Å². The van der Waals surface area contributed by atoms with Gasteiger partial charge in [0.15, 0.2) is 10.8 Å². The summed E-state index contributed by atoms with van der Waals surface area (Å²) in [5, 5.41) is 20.2. The average molecular weight is 597 g/mol. The van der Waals surface area contributed by atoms with E-state index in [0.29, 0.717) is 25.7 Å². The minimum atomic E-state index is -1.34. The van der Waals surface area contributed by atoms with E-state index in [4.69, 9.17) is 28.4 Å². The van der Waals surface area contributed by atoms with Gasteiger partial charge in [0.05, 0.1) is 13.2 Å². The fourth-order valence-corrected chi connectivity index (χ4v) is 4.79. The van der Waals surface area contributed by atoms with Crippen molar-refractivity contribution in [3.63, 3.8) is 0 Å². The van der Waals surface area contributed by atoms with Crippen LogP contribution in [0.3, 0.4) is 0 Å². The molecule has 0 spiro atoms. The van der Waals surface area contributed by atoms with Gasteiger partial charge in [-0.1, -0.05) is 25.3 Å². The van der Waals surface area contributed by atoms with E-state index in [1.54, 1.807) is 0 Å². The molecule has 4 atom stereocenters. The van der Waals surface area contributed by atoms with E-state index in [-0.39, 0.29) is 38.3 Å². The molecule has 0 heterocycles. The molecule has 3 aliphatic rings. The second-order valence-corrected chi connectivity index (χ2v) is 11.5. The van der Waals surface area contributed by atoms with Crippen molar-refractivity contribution < 1.29 is 57.8 Å². The molecule has 3 aliphatic carbocycles. The van der Waals surface area contributed by atoms with Crippen LogP contribution in [0.1, 0.15) is 65.2 Å². The topological polar surface area (TPSA) is 164 Å². The van der Waals surface area contributed by atoms with Gasteiger partial charge in [0.25, 0.3) is 0 Å². The molecule has 0 amide bonds. The van der Waals surface area contributed by atoms with Gasteiger partial charge in [-0.3, -0.25) is 19.2 Å². The molecular weight excluding hydrogens is 552 g/mol. The molecule has 4 unspecified atom stereocenters. The van der Waals surface area contributed by atoms with E-state index in [9.17, 15) is 29.4 Å². The first-order chi connectivity index (χ1) is 20.0. The molecule has 0 bridgehead atoms. The van der Waals surface area contributed by atoms with E-state index in [0.717, 1.165) is 25.7 Å². The van der Waals surface area contributed by atoms with Gasteiger partial charge in [0.1, 0.15) is 25.4 Å². The van der Waals surface area contributed by atoms with Crippen LogP contribution in [-0.2, 0) is 47.6 Å². The predicted octanol–water partition coefficient (Wildman–Crippen LogP) is 2.34. The van der Waals surface area contributed by atoms with Crippen LogP contribution in [0.25, 0.3) is 0 Å². The molecule has 0 aromatic rings. The van der Waals surface area contributed by atoms with Crippen molar-refractivity contribution >= 4 is 23.9 Å². The Kier molecular flexibility index (Phi) is 12.1. The maximum atomic E-state index is 12.7. The van der Waals surface area contributed by atoms with Crippen LogP contribution in [0.5, 0.6) is 0 Å². The van der Waals surface area contributed by atoms with Crippen molar-refractivity contribution in [1.29, 1.82) is 0 Å². The van der Waals surface area contributed by atoms with Crippen LogP contribution in [0.15, 0.2) is 25.3 Å². The summed E-state index contributed by atoms with van der Waals surface area (Å²) in [7, 11) is 0. The van der Waals surface area contributed by atoms with Crippen molar-refractivity contribution in [3.05, 3.63) is 25.3 Å². The van der Waals surface area contributed by atoms with E-state index in [1.165, 1.54) is 26.0 Å². The highest BCUT2D eigenvalue weighted by Crippen LogP contribution is 2.49. The lowest BCUT2D eigenvalue weighted by Gasteiger charge is -2.31. The molecule has 3 saturated carbocycles. The Morgan fingerprint density at radius 3 is 1.29 bits per heavy atom. The third kappa shape index (κ3) is 8.62. The molecule has 0 aromatic heterocycles. The maximum Gasteiger partial charge on any atom is 0.325 e. The average Bonchev–Trinajstić information content (AvgIpc) is 3.89. The molecule has 0 saturated heterocycles. The van der Waals surface area contributed by atoms with Gasteiger partial charge in [-0.15, -0.1) is 0 Å². The third-order valence-corrected chi connectivity index (χ3v) is 7.92. The number of hydrogen-bond donors (Lipinski definition) is 2. The normalized spacial score (nSPS) is 24.6. The Morgan fingerprint density at radius 1 is 0.690 bits per heavy atom. The minimum Gasteiger partial charge on any atom is -0.461 e. The van der Waals surface area contributed by atoms with Crippen molar-refractivity contribution in [2.24, 2.45) is 22.7 Å². The lowest BCUT2D eigenvalue weighted by Crippen LogP contribution is -2.39. The number of ether oxygens (including phenoxy) is 6. The van der Waals surface area contributed by atoms with Gasteiger partial charge in [-0.2, -0.15) is 0 Å². The van der Waals surface area contributed by atoms with Gasteiger partial charge in [0.2, 0.25) is 12.6 Å². The summed E-state index contributed by atoms with van der Waals surface area (Å²) >= 11 is 0. The van der Waals surface area contributed by atoms with Crippen molar-refractivity contribution in [2.75, 3.05) is 26.4 Å². The molecule has 236 valence electrons. The highest BCUT2D eigenvalue weighted by Gasteiger charge is 2.61. The van der Waals surface area contributed by atoms with Crippen LogP contribution >= 0.6 is 0 Å². The number of rotatable bonds is 18. The summed E-state index contributed by atoms with van der Waals surface area (Å²) in [5.74, 6) is -2.56. The predicted molar refractivity (Wildman–Crippen MR) is 146 cm³/mol. The molecule has 12 heteroatoms. The number of esters is 4. The SMILES string of the molecule is C=CCOC(=O)C1(C(=O)OC(OCC2CCC(COC(OC(=O)C3(C(=O)OCC=C)CC3)C(C)O)CC2)C(C)O)CC1. The van der Waals surface area contributed by atoms with Gasteiger partial charge in [-0.05, 0) is 77.0 Å². The lowest BCUT2D eigenvalue weighted by atomic mass is 9.83. The molecule has 42 heavy (non-hydrogen) atoms. The van der Waals surface area contributed by atoms with E-state index < -0.39 is 59.5 Å². The van der Waals surface area contributed by atoms with Crippen LogP contribution in [0, 0.1) is 22.7 Å². The first-order valence-electron chi connectivity index (χ1n) is 14.6. The number of carbonyl (C=O) groups is 4. The Balaban J connectivity index is 1.40. The Hall–Kier alpha value is -2.80. The third-order valence-electron chi connectivity index (χ3n) is 7.92. The quantitative estimate of drug-likeness (QED) is 0.0781. The van der Waals surface area contributed by atoms with Crippen LogP contribution in [0.4, 0.5) is 0 Å². The smallest absolute Gasteiger partial charge is 0.325 e. The Morgan fingerprint density at radius 2 is 1.02 bits per heavy atom. The summed E-state index contributed by atoms with van der Waals surface area (Å²) in [5.41, 5.74) is -2.69. The second-order valence-electron chi connectivity index (χ2n) is 11.5. The minimum absolute atomic E-state index is 0.00367. The fraction of sp³-hybridized carbons (Fsp3) is 0.733. The molecular formula is C30H44O12. The van der Waals surface area contributed by atoms with Crippen LogP contribution in [-0.4, -0.2) is 85.3 Å². The highest BCUT2D eigenvalue weighted by atomic mass is 16.7. The fourth-order valence-electron chi connectivity index (χ4n) is 4.79. The monoisotopic (exact) mass is 596 g/mol. The van der Waals surface area contributed by atoms with Crippen LogP contribution in [0.2, 0.25) is 0 Å². The number of aliphatic hydroxyl groups excluding tert-OH is 2. The zero-order valence-electron chi connectivity index (χ0n) is 24.5. The largest absolute Gasteiger partial charge is 0.461 e. The summed E-state index contributed by atoms with van der Waals surface area (Å²) < 4.78 is 32.3. The first kappa shape index (κ1) is 33.7. The maximum absolute atomic E-state index is 12.7. The number of carbonyl (C=O) groups excluding carboxylic acids is 4. The summed E-state index contributed by atoms with van der Waals surface area (Å²) in [4.78, 5) is 49.9. The molecule has 0 aliphatic heterocycles. The molecule has 0 radical (unpaired) electrons. The van der Waals surface area contributed by atoms with E-state index in [1.807, 2.05) is 0 Å². The molecule has 3 rings (SSSR count). The zero-order chi connectivity index (χ0) is 30.9. The molecule has 3 fully saturated rings. The Labute approximate surface area is 246 Å². The molecule has 2 N–H and O–H groups in total. The molecule has 12 nitrogen and oxygen atoms in total. The van der Waals surface area contributed by atoms with Gasteiger partial charge in [-0.25, -0.2) is 0 Å². The standard InChI is InChI=1S/C30H44O12/c1-5-15-37-25(33)29(11-12-29)27(35)41-23(19(3)31)39-17-21-7-9-22(10-8-21)18-40-24(20(4)32)42-28(36)30(13-14-30)26(34)38-16-6-2/h5-6,19-24,31-32H,1-2,7-18H2,3-4H3. The van der Waals surface area contributed by atoms with E-state index >= 15 is 0 Å². The van der Waals surface area contributed by atoms with Gasteiger partial charge >= 0.3 is 23.9 Å². The molecule has 0 aromatic carbocycles. The lowest BCUT2D eigenvalue weighted by molar-refractivity contribution is -0.214. The van der Waals surface area contributed by atoms with Crippen LogP contribution < -0.4 is 0 Å². The number of hydrogen-bond acceptors (Lipinski definition) is 12. The van der Waals surface area contributed by atoms with Crippen molar-refractivity contribution in [1.82, 2.24) is 0 Å². The van der Waals surface area contributed by atoms with Crippen molar-refractivity contribution in [2.45, 2.75) is 90.0 Å². The summed E-state index contributed by atoms with van der Waals surface area (Å²) in [6.45, 7) is 10.4. The zero-order valence-corrected chi connectivity index (χ0v) is 24.5. The highest BCUT2D eigenvalue weighted by molar-refractivity contribution is 6.03. The summed E-state index contributed by atoms with van der Waals surface area (Å²) in [6.07, 6.45) is 2.60. The Bertz CT molecular complexity index is 895. The number of aliphatic hydroxyl groups is 2. The van der Waals surface area contributed by atoms with Crippen molar-refractivity contribution in [3.8, 4) is 0 Å². The summed E-state index contributed by atoms with van der Waals surface area (Å²) in [6, 6.07) is 0. The van der Waals surface area contributed by atoms with E-state index in [2.05, 4.69) is 13.2 Å².